The van der Waals surface area contributed by atoms with Crippen molar-refractivity contribution in [3.8, 4) is 0 Å². The number of aromatic nitrogens is 2. The minimum Gasteiger partial charge on any atom is -0.322 e. The Hall–Kier alpha value is -2.61. The summed E-state index contributed by atoms with van der Waals surface area (Å²) < 4.78 is 25.2. The number of sulfone groups is 1. The molecule has 3 rings (SSSR count). The summed E-state index contributed by atoms with van der Waals surface area (Å²) in [6.07, 6.45) is 4.05. The number of carbonyl (C=O) groups excluding carboxylic acids is 1. The third kappa shape index (κ3) is 5.76. The van der Waals surface area contributed by atoms with Crippen molar-refractivity contribution in [3.63, 3.8) is 0 Å². The zero-order chi connectivity index (χ0) is 22.8. The number of aryl methyl sites for hydroxylation is 2. The van der Waals surface area contributed by atoms with E-state index in [-0.39, 0.29) is 4.90 Å². The fraction of sp³-hybridized carbons (Fsp3) is 0.182. The molecular weight excluding hydrogens is 457 g/mol. The Morgan fingerprint density at radius 3 is 2.45 bits per heavy atom. The highest BCUT2D eigenvalue weighted by Gasteiger charge is 2.13. The molecule has 0 saturated heterocycles. The van der Waals surface area contributed by atoms with Crippen molar-refractivity contribution in [1.82, 2.24) is 9.78 Å². The molecular formula is C22H21Cl2N3O3S. The number of hydrogen-bond acceptors (Lipinski definition) is 4. The highest BCUT2D eigenvalue weighted by atomic mass is 35.5. The summed E-state index contributed by atoms with van der Waals surface area (Å²) in [4.78, 5) is 12.6. The van der Waals surface area contributed by atoms with Crippen LogP contribution in [0.25, 0.3) is 6.08 Å². The lowest BCUT2D eigenvalue weighted by molar-refractivity contribution is -0.111. The zero-order valence-electron chi connectivity index (χ0n) is 17.2. The molecule has 31 heavy (non-hydrogen) atoms. The molecule has 1 heterocycles. The molecule has 0 atom stereocenters. The van der Waals surface area contributed by atoms with Gasteiger partial charge in [-0.3, -0.25) is 4.79 Å². The van der Waals surface area contributed by atoms with Gasteiger partial charge in [-0.25, -0.2) is 13.1 Å². The van der Waals surface area contributed by atoms with Gasteiger partial charge in [-0.2, -0.15) is 5.10 Å². The summed E-state index contributed by atoms with van der Waals surface area (Å²) in [5.74, 6) is -0.408. The maximum absolute atomic E-state index is 12.4. The topological polar surface area (TPSA) is 81.1 Å². The summed E-state index contributed by atoms with van der Waals surface area (Å²) in [5.41, 5.74) is 3.48. The third-order valence-electron chi connectivity index (χ3n) is 4.65. The van der Waals surface area contributed by atoms with Crippen LogP contribution in [0, 0.1) is 13.8 Å². The number of halogens is 2. The van der Waals surface area contributed by atoms with Crippen LogP contribution in [-0.2, 0) is 21.2 Å². The fourth-order valence-corrected chi connectivity index (χ4v) is 3.99. The number of nitrogens with one attached hydrogen (secondary N) is 1. The SMILES string of the molecule is Cc1ccc(S(C)(=O)=O)cc1NC(=O)/C=C/c1c(C)nn(Cc2ccc(Cl)cc2)c1Cl. The van der Waals surface area contributed by atoms with Gasteiger partial charge in [0.05, 0.1) is 17.1 Å². The molecule has 0 aliphatic carbocycles. The van der Waals surface area contributed by atoms with Gasteiger partial charge in [0.2, 0.25) is 5.91 Å². The van der Waals surface area contributed by atoms with Gasteiger partial charge in [0.25, 0.3) is 0 Å². The van der Waals surface area contributed by atoms with Crippen molar-refractivity contribution in [1.29, 1.82) is 0 Å². The predicted molar refractivity (Wildman–Crippen MR) is 124 cm³/mol. The second kappa shape index (κ2) is 9.26. The first kappa shape index (κ1) is 23.1. The molecule has 0 fully saturated rings. The van der Waals surface area contributed by atoms with E-state index in [4.69, 9.17) is 23.2 Å². The number of benzene rings is 2. The van der Waals surface area contributed by atoms with E-state index in [2.05, 4.69) is 10.4 Å². The van der Waals surface area contributed by atoms with E-state index >= 15 is 0 Å². The van der Waals surface area contributed by atoms with Crippen molar-refractivity contribution in [2.45, 2.75) is 25.3 Å². The largest absolute Gasteiger partial charge is 0.322 e. The fourth-order valence-electron chi connectivity index (χ4n) is 2.92. The molecule has 1 amide bonds. The Balaban J connectivity index is 1.77. The summed E-state index contributed by atoms with van der Waals surface area (Å²) >= 11 is 12.4. The molecule has 162 valence electrons. The normalized spacial score (nSPS) is 11.8. The van der Waals surface area contributed by atoms with Crippen LogP contribution < -0.4 is 5.32 Å². The quantitative estimate of drug-likeness (QED) is 0.511. The van der Waals surface area contributed by atoms with Crippen LogP contribution in [-0.4, -0.2) is 30.4 Å². The monoisotopic (exact) mass is 477 g/mol. The van der Waals surface area contributed by atoms with Crippen LogP contribution in [0.2, 0.25) is 10.2 Å². The Labute approximate surface area is 191 Å². The van der Waals surface area contributed by atoms with Gasteiger partial charge in [0, 0.05) is 28.6 Å². The Morgan fingerprint density at radius 2 is 1.81 bits per heavy atom. The molecule has 9 heteroatoms. The molecule has 0 unspecified atom stereocenters. The van der Waals surface area contributed by atoms with Crippen molar-refractivity contribution >= 4 is 50.7 Å². The lowest BCUT2D eigenvalue weighted by Crippen LogP contribution is -2.10. The molecule has 3 aromatic rings. The molecule has 1 aromatic heterocycles. The van der Waals surface area contributed by atoms with E-state index < -0.39 is 15.7 Å². The number of rotatable bonds is 6. The van der Waals surface area contributed by atoms with Crippen LogP contribution in [0.15, 0.2) is 53.4 Å². The number of amides is 1. The molecule has 0 radical (unpaired) electrons. The average Bonchev–Trinajstić information content (AvgIpc) is 2.95. The Bertz CT molecular complexity index is 1260. The van der Waals surface area contributed by atoms with Crippen LogP contribution in [0.4, 0.5) is 5.69 Å². The molecule has 1 N–H and O–H groups in total. The molecule has 0 aliphatic heterocycles. The van der Waals surface area contributed by atoms with Gasteiger partial charge in [0.1, 0.15) is 5.15 Å². The number of nitrogens with zero attached hydrogens (tertiary/aromatic N) is 2. The number of anilines is 1. The highest BCUT2D eigenvalue weighted by Crippen LogP contribution is 2.24. The first-order valence-corrected chi connectivity index (χ1v) is 12.0. The number of hydrogen-bond donors (Lipinski definition) is 1. The van der Waals surface area contributed by atoms with Crippen molar-refractivity contribution in [2.24, 2.45) is 0 Å². The summed E-state index contributed by atoms with van der Waals surface area (Å²) in [6.45, 7) is 4.06. The Kier molecular flexibility index (Phi) is 6.89. The smallest absolute Gasteiger partial charge is 0.248 e. The first-order chi connectivity index (χ1) is 14.5. The molecule has 2 aromatic carbocycles. The van der Waals surface area contributed by atoms with Gasteiger partial charge in [0.15, 0.2) is 9.84 Å². The summed E-state index contributed by atoms with van der Waals surface area (Å²) in [7, 11) is -3.38. The molecule has 0 bridgehead atoms. The van der Waals surface area contributed by atoms with Crippen LogP contribution in [0.5, 0.6) is 0 Å². The van der Waals surface area contributed by atoms with Crippen LogP contribution in [0.1, 0.15) is 22.4 Å². The second-order valence-electron chi connectivity index (χ2n) is 7.15. The zero-order valence-corrected chi connectivity index (χ0v) is 19.5. The third-order valence-corrected chi connectivity index (χ3v) is 6.41. The highest BCUT2D eigenvalue weighted by molar-refractivity contribution is 7.90. The minimum atomic E-state index is -3.38. The maximum Gasteiger partial charge on any atom is 0.248 e. The van der Waals surface area contributed by atoms with Gasteiger partial charge in [-0.15, -0.1) is 0 Å². The van der Waals surface area contributed by atoms with E-state index in [0.717, 1.165) is 17.4 Å². The van der Waals surface area contributed by atoms with Gasteiger partial charge in [-0.1, -0.05) is 41.4 Å². The van der Waals surface area contributed by atoms with Crippen molar-refractivity contribution in [2.75, 3.05) is 11.6 Å². The second-order valence-corrected chi connectivity index (χ2v) is 9.96. The number of carbonyl (C=O) groups is 1. The lowest BCUT2D eigenvalue weighted by Gasteiger charge is -2.08. The van der Waals surface area contributed by atoms with E-state index in [1.165, 1.54) is 18.2 Å². The molecule has 0 aliphatic rings. The lowest BCUT2D eigenvalue weighted by atomic mass is 10.2. The summed E-state index contributed by atoms with van der Waals surface area (Å²) in [5, 5.41) is 8.22. The van der Waals surface area contributed by atoms with Crippen LogP contribution >= 0.6 is 23.2 Å². The van der Waals surface area contributed by atoms with Gasteiger partial charge < -0.3 is 5.32 Å². The molecule has 6 nitrogen and oxygen atoms in total. The van der Waals surface area contributed by atoms with Crippen LogP contribution in [0.3, 0.4) is 0 Å². The first-order valence-electron chi connectivity index (χ1n) is 9.31. The van der Waals surface area contributed by atoms with Crippen molar-refractivity contribution in [3.05, 3.63) is 81.1 Å². The summed E-state index contributed by atoms with van der Waals surface area (Å²) in [6, 6.07) is 12.0. The molecule has 0 saturated carbocycles. The Morgan fingerprint density at radius 1 is 1.13 bits per heavy atom. The van der Waals surface area contributed by atoms with E-state index in [1.54, 1.807) is 35.9 Å². The standard InChI is InChI=1S/C22H21Cl2N3O3S/c1-14-4-9-18(31(3,29)30)12-20(14)25-21(28)11-10-19-15(2)26-27(22(19)24)13-16-5-7-17(23)8-6-16/h4-12H,13H2,1-3H3,(H,25,28)/b11-10+. The maximum atomic E-state index is 12.4. The van der Waals surface area contributed by atoms with E-state index in [0.29, 0.717) is 33.7 Å². The minimum absolute atomic E-state index is 0.139. The van der Waals surface area contributed by atoms with Crippen molar-refractivity contribution < 1.29 is 13.2 Å². The predicted octanol–water partition coefficient (Wildman–Crippen LogP) is 4.91. The molecule has 0 spiro atoms. The van der Waals surface area contributed by atoms with E-state index in [1.807, 2.05) is 19.1 Å². The van der Waals surface area contributed by atoms with Gasteiger partial charge >= 0.3 is 0 Å². The average molecular weight is 478 g/mol. The van der Waals surface area contributed by atoms with E-state index in [9.17, 15) is 13.2 Å². The van der Waals surface area contributed by atoms with Gasteiger partial charge in [-0.05, 0) is 55.3 Å².